The Morgan fingerprint density at radius 2 is 2.44 bits per heavy atom. The summed E-state index contributed by atoms with van der Waals surface area (Å²) in [5, 5.41) is 2.90. The molecule has 4 nitrogen and oxygen atoms in total. The van der Waals surface area contributed by atoms with Crippen LogP contribution in [0.15, 0.2) is 5.51 Å². The fourth-order valence-electron chi connectivity index (χ4n) is 1.40. The van der Waals surface area contributed by atoms with Gasteiger partial charge in [-0.2, -0.15) is 0 Å². The van der Waals surface area contributed by atoms with Crippen molar-refractivity contribution in [2.75, 3.05) is 6.54 Å². The summed E-state index contributed by atoms with van der Waals surface area (Å²) >= 11 is 1.57. The number of aryl methyl sites for hydroxylation is 1. The molecule has 0 bridgehead atoms. The van der Waals surface area contributed by atoms with Gasteiger partial charge in [-0.15, -0.1) is 11.3 Å². The van der Waals surface area contributed by atoms with Gasteiger partial charge in [0.1, 0.15) is 0 Å². The highest BCUT2D eigenvalue weighted by Gasteiger charge is 2.10. The van der Waals surface area contributed by atoms with Crippen LogP contribution in [0.25, 0.3) is 0 Å². The largest absolute Gasteiger partial charge is 0.351 e. The van der Waals surface area contributed by atoms with Crippen LogP contribution in [0.2, 0.25) is 0 Å². The van der Waals surface area contributed by atoms with Gasteiger partial charge in [0, 0.05) is 11.3 Å². The minimum absolute atomic E-state index is 0.0742. The van der Waals surface area contributed by atoms with E-state index in [4.69, 9.17) is 5.73 Å². The van der Waals surface area contributed by atoms with Gasteiger partial charge < -0.3 is 11.1 Å². The van der Waals surface area contributed by atoms with Crippen molar-refractivity contribution in [1.29, 1.82) is 0 Å². The average molecular weight is 241 g/mol. The van der Waals surface area contributed by atoms with E-state index in [1.807, 2.05) is 6.92 Å². The first-order valence-corrected chi connectivity index (χ1v) is 6.41. The fourth-order valence-corrected chi connectivity index (χ4v) is 2.12. The van der Waals surface area contributed by atoms with Crippen molar-refractivity contribution in [2.45, 2.75) is 33.2 Å². The minimum Gasteiger partial charge on any atom is -0.351 e. The summed E-state index contributed by atoms with van der Waals surface area (Å²) in [7, 11) is 0. The molecule has 3 N–H and O–H groups in total. The average Bonchev–Trinajstić information content (AvgIpc) is 2.69. The number of hydrogen-bond acceptors (Lipinski definition) is 4. The molecule has 0 saturated heterocycles. The summed E-state index contributed by atoms with van der Waals surface area (Å²) in [6.07, 6.45) is 1.47. The van der Waals surface area contributed by atoms with Crippen molar-refractivity contribution in [1.82, 2.24) is 10.3 Å². The van der Waals surface area contributed by atoms with Crippen molar-refractivity contribution in [3.8, 4) is 0 Å². The molecule has 1 amide bonds. The van der Waals surface area contributed by atoms with E-state index in [2.05, 4.69) is 17.2 Å². The molecule has 0 fully saturated rings. The highest BCUT2D eigenvalue weighted by atomic mass is 32.1. The Balaban J connectivity index is 2.33. The van der Waals surface area contributed by atoms with Gasteiger partial charge in [-0.25, -0.2) is 4.98 Å². The number of nitrogens with zero attached hydrogens (tertiary/aromatic N) is 1. The van der Waals surface area contributed by atoms with E-state index in [-0.39, 0.29) is 5.91 Å². The number of carbonyl (C=O) groups is 1. The summed E-state index contributed by atoms with van der Waals surface area (Å²) in [4.78, 5) is 16.8. The highest BCUT2D eigenvalue weighted by Crippen LogP contribution is 2.12. The van der Waals surface area contributed by atoms with E-state index in [0.29, 0.717) is 25.4 Å². The fraction of sp³-hybridized carbons (Fsp3) is 0.636. The second-order valence-corrected chi connectivity index (χ2v) is 4.79. The lowest BCUT2D eigenvalue weighted by atomic mass is 10.0. The van der Waals surface area contributed by atoms with Crippen molar-refractivity contribution < 1.29 is 4.79 Å². The van der Waals surface area contributed by atoms with E-state index in [0.717, 1.165) is 17.0 Å². The number of nitrogens with one attached hydrogen (secondary N) is 1. The van der Waals surface area contributed by atoms with Gasteiger partial charge in [-0.3, -0.25) is 4.79 Å². The summed E-state index contributed by atoms with van der Waals surface area (Å²) in [6.45, 7) is 5.16. The first-order chi connectivity index (χ1) is 7.67. The molecular weight excluding hydrogens is 222 g/mol. The monoisotopic (exact) mass is 241 g/mol. The second kappa shape index (κ2) is 6.60. The lowest BCUT2D eigenvalue weighted by Crippen LogP contribution is -2.27. The predicted molar refractivity (Wildman–Crippen MR) is 66.2 cm³/mol. The van der Waals surface area contributed by atoms with E-state index in [9.17, 15) is 4.79 Å². The molecule has 1 rings (SSSR count). The number of hydrogen-bond donors (Lipinski definition) is 2. The maximum absolute atomic E-state index is 11.6. The van der Waals surface area contributed by atoms with E-state index in [1.165, 1.54) is 0 Å². The zero-order valence-electron chi connectivity index (χ0n) is 9.82. The van der Waals surface area contributed by atoms with E-state index >= 15 is 0 Å². The molecule has 1 aromatic rings. The molecule has 1 heterocycles. The molecule has 0 radical (unpaired) electrons. The summed E-state index contributed by atoms with van der Waals surface area (Å²) in [6, 6.07) is 0. The number of nitrogens with two attached hydrogens (primary N) is 1. The first-order valence-electron chi connectivity index (χ1n) is 5.53. The second-order valence-electron chi connectivity index (χ2n) is 3.85. The van der Waals surface area contributed by atoms with Gasteiger partial charge in [0.15, 0.2) is 0 Å². The Hall–Kier alpha value is -0.940. The molecule has 0 spiro atoms. The molecule has 0 aromatic carbocycles. The van der Waals surface area contributed by atoms with Crippen LogP contribution >= 0.6 is 11.3 Å². The Labute approximate surface area is 100 Å². The number of rotatable bonds is 6. The van der Waals surface area contributed by atoms with Crippen LogP contribution in [0.1, 0.15) is 30.3 Å². The molecule has 16 heavy (non-hydrogen) atoms. The smallest absolute Gasteiger partial charge is 0.220 e. The standard InChI is InChI=1S/C11H19N3OS/c1-3-9(5-12)4-11(15)13-6-10-8(2)14-7-16-10/h7,9H,3-6,12H2,1-2H3,(H,13,15). The maximum atomic E-state index is 11.6. The Morgan fingerprint density at radius 3 is 2.94 bits per heavy atom. The lowest BCUT2D eigenvalue weighted by molar-refractivity contribution is -0.122. The molecule has 1 unspecified atom stereocenters. The van der Waals surface area contributed by atoms with Gasteiger partial charge in [-0.1, -0.05) is 13.3 Å². The molecule has 1 atom stereocenters. The molecule has 1 aromatic heterocycles. The summed E-state index contributed by atoms with van der Waals surface area (Å²) < 4.78 is 0. The van der Waals surface area contributed by atoms with Crippen molar-refractivity contribution in [3.63, 3.8) is 0 Å². The van der Waals surface area contributed by atoms with Crippen LogP contribution in [-0.4, -0.2) is 17.4 Å². The quantitative estimate of drug-likeness (QED) is 0.792. The van der Waals surface area contributed by atoms with Crippen molar-refractivity contribution in [3.05, 3.63) is 16.1 Å². The summed E-state index contributed by atoms with van der Waals surface area (Å²) in [5.74, 6) is 0.368. The third-order valence-electron chi connectivity index (χ3n) is 2.68. The van der Waals surface area contributed by atoms with Crippen LogP contribution in [0.4, 0.5) is 0 Å². The van der Waals surface area contributed by atoms with Gasteiger partial charge in [0.25, 0.3) is 0 Å². The Kier molecular flexibility index (Phi) is 5.42. The number of amides is 1. The third-order valence-corrected chi connectivity index (χ3v) is 3.61. The van der Waals surface area contributed by atoms with Crippen molar-refractivity contribution >= 4 is 17.2 Å². The normalized spacial score (nSPS) is 12.4. The molecular formula is C11H19N3OS. The van der Waals surface area contributed by atoms with E-state index in [1.54, 1.807) is 16.8 Å². The minimum atomic E-state index is 0.0742. The Bertz CT molecular complexity index is 334. The highest BCUT2D eigenvalue weighted by molar-refractivity contribution is 7.09. The number of aromatic nitrogens is 1. The van der Waals surface area contributed by atoms with Gasteiger partial charge >= 0.3 is 0 Å². The van der Waals surface area contributed by atoms with E-state index < -0.39 is 0 Å². The predicted octanol–water partition coefficient (Wildman–Crippen LogP) is 1.44. The number of thiazole rings is 1. The molecule has 0 saturated carbocycles. The molecule has 0 aliphatic rings. The third kappa shape index (κ3) is 3.90. The summed E-state index contributed by atoms with van der Waals surface area (Å²) in [5.41, 5.74) is 8.35. The molecule has 90 valence electrons. The van der Waals surface area contributed by atoms with Crippen molar-refractivity contribution in [2.24, 2.45) is 11.7 Å². The van der Waals surface area contributed by atoms with Gasteiger partial charge in [0.2, 0.25) is 5.91 Å². The zero-order chi connectivity index (χ0) is 12.0. The lowest BCUT2D eigenvalue weighted by Gasteiger charge is -2.11. The SMILES string of the molecule is CCC(CN)CC(=O)NCc1scnc1C. The van der Waals surface area contributed by atoms with Gasteiger partial charge in [0.05, 0.1) is 17.7 Å². The van der Waals surface area contributed by atoms with Crippen LogP contribution in [-0.2, 0) is 11.3 Å². The van der Waals surface area contributed by atoms with Crippen LogP contribution < -0.4 is 11.1 Å². The van der Waals surface area contributed by atoms with Crippen LogP contribution in [0.3, 0.4) is 0 Å². The number of carbonyl (C=O) groups excluding carboxylic acids is 1. The van der Waals surface area contributed by atoms with Crippen LogP contribution in [0.5, 0.6) is 0 Å². The van der Waals surface area contributed by atoms with Crippen LogP contribution in [0, 0.1) is 12.8 Å². The molecule has 0 aliphatic carbocycles. The zero-order valence-corrected chi connectivity index (χ0v) is 10.6. The maximum Gasteiger partial charge on any atom is 0.220 e. The molecule has 5 heteroatoms. The Morgan fingerprint density at radius 1 is 1.69 bits per heavy atom. The molecule has 0 aliphatic heterocycles. The topological polar surface area (TPSA) is 68.0 Å². The first kappa shape index (κ1) is 13.1. The van der Waals surface area contributed by atoms with Gasteiger partial charge in [-0.05, 0) is 19.4 Å².